The summed E-state index contributed by atoms with van der Waals surface area (Å²) in [6.07, 6.45) is -3.63. The molecule has 0 aliphatic heterocycles. The first-order valence-electron chi connectivity index (χ1n) is 4.69. The second-order valence-corrected chi connectivity index (χ2v) is 3.29. The number of hydrogen-bond donors (Lipinski definition) is 1. The summed E-state index contributed by atoms with van der Waals surface area (Å²) in [4.78, 5) is 3.55. The van der Waals surface area contributed by atoms with Crippen LogP contribution in [0.15, 0.2) is 6.20 Å². The van der Waals surface area contributed by atoms with E-state index in [1.54, 1.807) is 6.92 Å². The van der Waals surface area contributed by atoms with Crippen LogP contribution < -0.4 is 10.5 Å². The van der Waals surface area contributed by atoms with Crippen molar-refractivity contribution in [2.24, 2.45) is 5.73 Å². The van der Waals surface area contributed by atoms with Gasteiger partial charge in [-0.25, -0.2) is 4.98 Å². The van der Waals surface area contributed by atoms with Crippen LogP contribution in [0.2, 0.25) is 0 Å². The number of nitrogens with zero attached hydrogens (tertiary/aromatic N) is 2. The molecule has 1 aromatic rings. The predicted molar refractivity (Wildman–Crippen MR) is 52.9 cm³/mol. The first kappa shape index (κ1) is 13.3. The summed E-state index contributed by atoms with van der Waals surface area (Å²) in [5.74, 6) is -0.587. The highest BCUT2D eigenvalue weighted by atomic mass is 19.4. The molecule has 2 N–H and O–H groups in total. The van der Waals surface area contributed by atoms with Crippen LogP contribution in [0.3, 0.4) is 0 Å². The number of rotatable bonds is 3. The van der Waals surface area contributed by atoms with E-state index in [-0.39, 0.29) is 18.5 Å². The van der Waals surface area contributed by atoms with E-state index in [9.17, 15) is 13.2 Å². The van der Waals surface area contributed by atoms with Gasteiger partial charge in [0.2, 0.25) is 5.88 Å². The number of ether oxygens (including phenoxy) is 1. The fraction of sp³-hybridized carbons (Fsp3) is 0.400. The van der Waals surface area contributed by atoms with Gasteiger partial charge >= 0.3 is 6.36 Å². The van der Waals surface area contributed by atoms with E-state index < -0.39 is 12.2 Å². The van der Waals surface area contributed by atoms with Gasteiger partial charge in [-0.1, -0.05) is 0 Å². The molecule has 0 aliphatic carbocycles. The third kappa shape index (κ3) is 3.32. The van der Waals surface area contributed by atoms with E-state index >= 15 is 0 Å². The molecule has 0 atom stereocenters. The molecule has 7 heteroatoms. The summed E-state index contributed by atoms with van der Waals surface area (Å²) in [6.45, 7) is 1.48. The molecule has 0 bridgehead atoms. The third-order valence-corrected chi connectivity index (χ3v) is 2.15. The monoisotopic (exact) mass is 245 g/mol. The van der Waals surface area contributed by atoms with E-state index in [1.165, 1.54) is 6.20 Å². The van der Waals surface area contributed by atoms with Crippen molar-refractivity contribution in [3.63, 3.8) is 0 Å². The van der Waals surface area contributed by atoms with Crippen LogP contribution in [-0.4, -0.2) is 11.3 Å². The first-order chi connectivity index (χ1) is 7.89. The summed E-state index contributed by atoms with van der Waals surface area (Å²) < 4.78 is 40.1. The van der Waals surface area contributed by atoms with Crippen molar-refractivity contribution in [3.8, 4) is 11.9 Å². The fourth-order valence-electron chi connectivity index (χ4n) is 1.41. The Morgan fingerprint density at radius 2 is 2.12 bits per heavy atom. The molecule has 0 unspecified atom stereocenters. The molecule has 0 saturated carbocycles. The zero-order valence-electron chi connectivity index (χ0n) is 9.01. The van der Waals surface area contributed by atoms with Gasteiger partial charge in [-0.05, 0) is 18.1 Å². The lowest BCUT2D eigenvalue weighted by molar-refractivity contribution is -0.276. The normalized spacial score (nSPS) is 11.1. The van der Waals surface area contributed by atoms with Crippen molar-refractivity contribution in [1.29, 1.82) is 5.26 Å². The highest BCUT2D eigenvalue weighted by molar-refractivity contribution is 5.41. The summed E-state index contributed by atoms with van der Waals surface area (Å²) >= 11 is 0. The number of aromatic nitrogens is 1. The van der Waals surface area contributed by atoms with Gasteiger partial charge in [-0.2, -0.15) is 5.26 Å². The molecule has 17 heavy (non-hydrogen) atoms. The van der Waals surface area contributed by atoms with E-state index in [1.807, 2.05) is 6.07 Å². The minimum absolute atomic E-state index is 0.0326. The number of hydrogen-bond acceptors (Lipinski definition) is 4. The number of nitriles is 1. The summed E-state index contributed by atoms with van der Waals surface area (Å²) in [7, 11) is 0. The molecule has 0 amide bonds. The Bertz CT molecular complexity index is 451. The maximum Gasteiger partial charge on any atom is 0.574 e. The van der Waals surface area contributed by atoms with Crippen molar-refractivity contribution < 1.29 is 17.9 Å². The molecule has 1 rings (SSSR count). The van der Waals surface area contributed by atoms with Gasteiger partial charge in [0.25, 0.3) is 0 Å². The standard InChI is InChI=1S/C10H10F3N3O/c1-6-5-16-9(17-10(11,12)13)8(4-15)7(6)2-3-14/h5H,2,4,15H2,1H3. The van der Waals surface area contributed by atoms with Gasteiger partial charge in [0.05, 0.1) is 12.5 Å². The molecule has 0 saturated heterocycles. The Hall–Kier alpha value is -1.81. The molecular weight excluding hydrogens is 235 g/mol. The Morgan fingerprint density at radius 3 is 2.59 bits per heavy atom. The topological polar surface area (TPSA) is 71.9 Å². The molecule has 1 heterocycles. The molecule has 0 radical (unpaired) electrons. The molecule has 4 nitrogen and oxygen atoms in total. The number of aryl methyl sites for hydroxylation is 1. The maximum atomic E-state index is 12.1. The van der Waals surface area contributed by atoms with E-state index in [0.29, 0.717) is 11.1 Å². The molecule has 0 spiro atoms. The average Bonchev–Trinajstić information content (AvgIpc) is 2.21. The van der Waals surface area contributed by atoms with Gasteiger partial charge < -0.3 is 10.5 Å². The number of nitrogens with two attached hydrogens (primary N) is 1. The molecular formula is C10H10F3N3O. The molecule has 0 aliphatic rings. The number of alkyl halides is 3. The first-order valence-corrected chi connectivity index (χ1v) is 4.69. The number of halogens is 3. The van der Waals surface area contributed by atoms with Crippen LogP contribution in [0.4, 0.5) is 13.2 Å². The van der Waals surface area contributed by atoms with Crippen LogP contribution in [0.25, 0.3) is 0 Å². The molecule has 0 fully saturated rings. The Balaban J connectivity index is 3.24. The van der Waals surface area contributed by atoms with Crippen molar-refractivity contribution >= 4 is 0 Å². The van der Waals surface area contributed by atoms with E-state index in [4.69, 9.17) is 11.0 Å². The van der Waals surface area contributed by atoms with Crippen LogP contribution in [0.5, 0.6) is 5.88 Å². The lowest BCUT2D eigenvalue weighted by Gasteiger charge is -2.15. The lowest BCUT2D eigenvalue weighted by atomic mass is 10.0. The molecule has 0 aromatic carbocycles. The van der Waals surface area contributed by atoms with Crippen LogP contribution >= 0.6 is 0 Å². The molecule has 1 aromatic heterocycles. The largest absolute Gasteiger partial charge is 0.574 e. The minimum Gasteiger partial charge on any atom is -0.388 e. The van der Waals surface area contributed by atoms with Crippen LogP contribution in [-0.2, 0) is 13.0 Å². The van der Waals surface area contributed by atoms with Gasteiger partial charge in [0.15, 0.2) is 0 Å². The highest BCUT2D eigenvalue weighted by Gasteiger charge is 2.33. The summed E-state index contributed by atoms with van der Waals surface area (Å²) in [6, 6.07) is 1.87. The third-order valence-electron chi connectivity index (χ3n) is 2.15. The average molecular weight is 245 g/mol. The fourth-order valence-corrected chi connectivity index (χ4v) is 1.41. The van der Waals surface area contributed by atoms with Crippen molar-refractivity contribution in [1.82, 2.24) is 4.98 Å². The van der Waals surface area contributed by atoms with E-state index in [2.05, 4.69) is 9.72 Å². The molecule has 92 valence electrons. The highest BCUT2D eigenvalue weighted by Crippen LogP contribution is 2.28. The van der Waals surface area contributed by atoms with Crippen LogP contribution in [0.1, 0.15) is 16.7 Å². The van der Waals surface area contributed by atoms with Crippen molar-refractivity contribution in [3.05, 3.63) is 22.9 Å². The summed E-state index contributed by atoms with van der Waals surface area (Å²) in [5.41, 5.74) is 6.53. The smallest absolute Gasteiger partial charge is 0.388 e. The SMILES string of the molecule is Cc1cnc(OC(F)(F)F)c(CN)c1CC#N. The summed E-state index contributed by atoms with van der Waals surface area (Å²) in [5, 5.41) is 8.61. The Kier molecular flexibility index (Phi) is 3.91. The maximum absolute atomic E-state index is 12.1. The Morgan fingerprint density at radius 1 is 1.47 bits per heavy atom. The van der Waals surface area contributed by atoms with E-state index in [0.717, 1.165) is 0 Å². The second kappa shape index (κ2) is 5.01. The Labute approximate surface area is 95.8 Å². The van der Waals surface area contributed by atoms with Gasteiger partial charge in [-0.3, -0.25) is 0 Å². The second-order valence-electron chi connectivity index (χ2n) is 3.29. The van der Waals surface area contributed by atoms with Crippen molar-refractivity contribution in [2.75, 3.05) is 0 Å². The zero-order valence-corrected chi connectivity index (χ0v) is 9.01. The minimum atomic E-state index is -4.82. The van der Waals surface area contributed by atoms with Gasteiger partial charge in [0, 0.05) is 18.3 Å². The predicted octanol–water partition coefficient (Wildman–Crippen LogP) is 1.81. The zero-order chi connectivity index (χ0) is 13.1. The quantitative estimate of drug-likeness (QED) is 0.881. The lowest BCUT2D eigenvalue weighted by Crippen LogP contribution is -2.20. The number of pyridine rings is 1. The van der Waals surface area contributed by atoms with Gasteiger partial charge in [-0.15, -0.1) is 13.2 Å². The van der Waals surface area contributed by atoms with Gasteiger partial charge in [0.1, 0.15) is 0 Å². The van der Waals surface area contributed by atoms with Crippen LogP contribution in [0, 0.1) is 18.3 Å². The van der Waals surface area contributed by atoms with Crippen molar-refractivity contribution in [2.45, 2.75) is 26.3 Å².